The summed E-state index contributed by atoms with van der Waals surface area (Å²) >= 11 is 0. The van der Waals surface area contributed by atoms with E-state index >= 15 is 0 Å². The van der Waals surface area contributed by atoms with Gasteiger partial charge >= 0.3 is 0 Å². The Bertz CT molecular complexity index is 172. The third-order valence-electron chi connectivity index (χ3n) is 2.51. The Labute approximate surface area is 78.0 Å². The van der Waals surface area contributed by atoms with Gasteiger partial charge in [-0.1, -0.05) is 6.08 Å². The van der Waals surface area contributed by atoms with E-state index in [4.69, 9.17) is 10.5 Å². The van der Waals surface area contributed by atoms with E-state index in [0.717, 1.165) is 0 Å². The van der Waals surface area contributed by atoms with Gasteiger partial charge in [0.05, 0.1) is 18.3 Å². The van der Waals surface area contributed by atoms with Crippen molar-refractivity contribution < 1.29 is 14.9 Å². The smallest absolute Gasteiger partial charge is 0.132 e. The van der Waals surface area contributed by atoms with Crippen LogP contribution in [0.1, 0.15) is 13.3 Å². The van der Waals surface area contributed by atoms with Crippen molar-refractivity contribution in [3.63, 3.8) is 0 Å². The first-order valence-corrected chi connectivity index (χ1v) is 4.46. The topological polar surface area (TPSA) is 75.7 Å². The first-order chi connectivity index (χ1) is 6.07. The lowest BCUT2D eigenvalue weighted by molar-refractivity contribution is -0.191. The highest BCUT2D eigenvalue weighted by Crippen LogP contribution is 2.26. The zero-order valence-corrected chi connectivity index (χ0v) is 7.76. The minimum Gasteiger partial charge on any atom is -0.390 e. The second kappa shape index (κ2) is 4.19. The summed E-state index contributed by atoms with van der Waals surface area (Å²) in [6.07, 6.45) is -0.310. The third kappa shape index (κ3) is 2.08. The second-order valence-electron chi connectivity index (χ2n) is 3.48. The molecule has 0 amide bonds. The van der Waals surface area contributed by atoms with Crippen LogP contribution in [0.2, 0.25) is 0 Å². The molecule has 0 bridgehead atoms. The van der Waals surface area contributed by atoms with E-state index in [9.17, 15) is 10.2 Å². The zero-order chi connectivity index (χ0) is 10.0. The zero-order valence-electron chi connectivity index (χ0n) is 7.76. The van der Waals surface area contributed by atoms with Crippen LogP contribution < -0.4 is 5.73 Å². The van der Waals surface area contributed by atoms with Crippen LogP contribution >= 0.6 is 0 Å². The highest BCUT2D eigenvalue weighted by atomic mass is 16.5. The Morgan fingerprint density at radius 3 is 2.62 bits per heavy atom. The van der Waals surface area contributed by atoms with Gasteiger partial charge in [0.25, 0.3) is 0 Å². The maximum absolute atomic E-state index is 9.67. The lowest BCUT2D eigenvalue weighted by Crippen LogP contribution is -2.56. The van der Waals surface area contributed by atoms with Crippen molar-refractivity contribution in [2.45, 2.75) is 37.9 Å². The molecule has 1 fully saturated rings. The molecule has 4 N–H and O–H groups in total. The largest absolute Gasteiger partial charge is 0.390 e. The second-order valence-corrected chi connectivity index (χ2v) is 3.48. The SMILES string of the molecule is C=CCC1C(O)C(C)OC(N)C1O. The predicted octanol–water partition coefficient (Wildman–Crippen LogP) is -0.396. The monoisotopic (exact) mass is 187 g/mol. The summed E-state index contributed by atoms with van der Waals surface area (Å²) in [4.78, 5) is 0. The van der Waals surface area contributed by atoms with Gasteiger partial charge in [0.2, 0.25) is 0 Å². The van der Waals surface area contributed by atoms with E-state index in [0.29, 0.717) is 6.42 Å². The van der Waals surface area contributed by atoms with E-state index in [2.05, 4.69) is 6.58 Å². The molecule has 4 heteroatoms. The molecule has 0 aromatic heterocycles. The highest BCUT2D eigenvalue weighted by molar-refractivity contribution is 4.91. The molecule has 76 valence electrons. The molecule has 0 aromatic rings. The molecule has 0 saturated carbocycles. The number of hydrogen-bond acceptors (Lipinski definition) is 4. The minimum absolute atomic E-state index is 0.267. The van der Waals surface area contributed by atoms with Gasteiger partial charge in [0, 0.05) is 5.92 Å². The number of allylic oxidation sites excluding steroid dienone is 1. The molecule has 1 aliphatic heterocycles. The summed E-state index contributed by atoms with van der Waals surface area (Å²) in [5, 5.41) is 19.3. The molecule has 0 radical (unpaired) electrons. The summed E-state index contributed by atoms with van der Waals surface area (Å²) in [7, 11) is 0. The number of aliphatic hydroxyl groups is 2. The van der Waals surface area contributed by atoms with E-state index in [-0.39, 0.29) is 12.0 Å². The fourth-order valence-electron chi connectivity index (χ4n) is 1.67. The van der Waals surface area contributed by atoms with Gasteiger partial charge in [0.15, 0.2) is 0 Å². The Kier molecular flexibility index (Phi) is 3.44. The number of aliphatic hydroxyl groups excluding tert-OH is 2. The fraction of sp³-hybridized carbons (Fsp3) is 0.778. The molecule has 0 aliphatic carbocycles. The van der Waals surface area contributed by atoms with Crippen LogP contribution in [0.5, 0.6) is 0 Å². The quantitative estimate of drug-likeness (QED) is 0.514. The van der Waals surface area contributed by atoms with Gasteiger partial charge in [-0.25, -0.2) is 0 Å². The summed E-state index contributed by atoms with van der Waals surface area (Å²) in [6.45, 7) is 5.31. The molecule has 4 nitrogen and oxygen atoms in total. The maximum atomic E-state index is 9.67. The average molecular weight is 187 g/mol. The molecule has 5 atom stereocenters. The van der Waals surface area contributed by atoms with E-state index in [1.54, 1.807) is 13.0 Å². The van der Waals surface area contributed by atoms with Crippen molar-refractivity contribution in [3.8, 4) is 0 Å². The molecule has 0 spiro atoms. The van der Waals surface area contributed by atoms with Crippen LogP contribution in [0.4, 0.5) is 0 Å². The Hall–Kier alpha value is -0.420. The van der Waals surface area contributed by atoms with Gasteiger partial charge < -0.3 is 20.7 Å². The highest BCUT2D eigenvalue weighted by Gasteiger charge is 2.40. The molecule has 1 heterocycles. The van der Waals surface area contributed by atoms with Crippen molar-refractivity contribution in [2.75, 3.05) is 0 Å². The van der Waals surface area contributed by atoms with Crippen LogP contribution in [-0.4, -0.2) is 34.8 Å². The normalized spacial score (nSPS) is 46.0. The fourth-order valence-corrected chi connectivity index (χ4v) is 1.67. The standard InChI is InChI=1S/C9H17NO3/c1-3-4-6-7(11)5(2)13-9(10)8(6)12/h3,5-9,11-12H,1,4,10H2,2H3. The van der Waals surface area contributed by atoms with Gasteiger partial charge in [0.1, 0.15) is 6.23 Å². The molecule has 1 saturated heterocycles. The average Bonchev–Trinajstić information content (AvgIpc) is 2.09. The van der Waals surface area contributed by atoms with Crippen LogP contribution in [-0.2, 0) is 4.74 Å². The van der Waals surface area contributed by atoms with Gasteiger partial charge in [-0.3, -0.25) is 0 Å². The van der Waals surface area contributed by atoms with E-state index in [1.165, 1.54) is 0 Å². The molecule has 1 rings (SSSR count). The van der Waals surface area contributed by atoms with E-state index < -0.39 is 18.4 Å². The van der Waals surface area contributed by atoms with E-state index in [1.807, 2.05) is 0 Å². The summed E-state index contributed by atoms with van der Waals surface area (Å²) < 4.78 is 5.13. The van der Waals surface area contributed by atoms with Crippen molar-refractivity contribution >= 4 is 0 Å². The minimum atomic E-state index is -0.816. The number of rotatable bonds is 2. The van der Waals surface area contributed by atoms with Gasteiger partial charge in [-0.2, -0.15) is 0 Å². The Morgan fingerprint density at radius 2 is 2.08 bits per heavy atom. The van der Waals surface area contributed by atoms with Gasteiger partial charge in [-0.05, 0) is 13.3 Å². The number of nitrogens with two attached hydrogens (primary N) is 1. The Balaban J connectivity index is 2.69. The van der Waals surface area contributed by atoms with Crippen molar-refractivity contribution in [2.24, 2.45) is 11.7 Å². The van der Waals surface area contributed by atoms with Crippen LogP contribution in [0.25, 0.3) is 0 Å². The van der Waals surface area contributed by atoms with Crippen molar-refractivity contribution in [1.82, 2.24) is 0 Å². The maximum Gasteiger partial charge on any atom is 0.132 e. The lowest BCUT2D eigenvalue weighted by atomic mass is 9.86. The molecule has 13 heavy (non-hydrogen) atoms. The van der Waals surface area contributed by atoms with Crippen LogP contribution in [0, 0.1) is 5.92 Å². The number of ether oxygens (including phenoxy) is 1. The van der Waals surface area contributed by atoms with Crippen LogP contribution in [0.3, 0.4) is 0 Å². The molecular weight excluding hydrogens is 170 g/mol. The Morgan fingerprint density at radius 1 is 1.46 bits per heavy atom. The summed E-state index contributed by atoms with van der Waals surface area (Å²) in [5.41, 5.74) is 5.53. The van der Waals surface area contributed by atoms with Crippen molar-refractivity contribution in [1.29, 1.82) is 0 Å². The predicted molar refractivity (Wildman–Crippen MR) is 48.8 cm³/mol. The molecule has 0 aromatic carbocycles. The lowest BCUT2D eigenvalue weighted by Gasteiger charge is -2.40. The first kappa shape index (κ1) is 10.7. The molecular formula is C9H17NO3. The number of hydrogen-bond donors (Lipinski definition) is 3. The first-order valence-electron chi connectivity index (χ1n) is 4.46. The molecule has 5 unspecified atom stereocenters. The summed E-state index contributed by atoms with van der Waals surface area (Å²) in [5.74, 6) is -0.267. The summed E-state index contributed by atoms with van der Waals surface area (Å²) in [6, 6.07) is 0. The third-order valence-corrected chi connectivity index (χ3v) is 2.51. The van der Waals surface area contributed by atoms with Crippen LogP contribution in [0.15, 0.2) is 12.7 Å². The molecule has 1 aliphatic rings. The van der Waals surface area contributed by atoms with Crippen molar-refractivity contribution in [3.05, 3.63) is 12.7 Å². The van der Waals surface area contributed by atoms with Gasteiger partial charge in [-0.15, -0.1) is 6.58 Å².